The summed E-state index contributed by atoms with van der Waals surface area (Å²) in [4.78, 5) is 0. The van der Waals surface area contributed by atoms with Gasteiger partial charge in [-0.3, -0.25) is 0 Å². The van der Waals surface area contributed by atoms with Gasteiger partial charge < -0.3 is 5.32 Å². The molecule has 3 rings (SSSR count). The minimum Gasteiger partial charge on any atom is -0.379 e. The molecular formula is C14H19N. The van der Waals surface area contributed by atoms with E-state index in [0.717, 1.165) is 24.1 Å². The number of fused-ring (bicyclic) bond motifs is 3. The van der Waals surface area contributed by atoms with E-state index in [9.17, 15) is 0 Å². The molecule has 1 aromatic carbocycles. The van der Waals surface area contributed by atoms with Gasteiger partial charge in [-0.25, -0.2) is 0 Å². The van der Waals surface area contributed by atoms with Crippen molar-refractivity contribution in [1.82, 2.24) is 0 Å². The Morgan fingerprint density at radius 3 is 2.93 bits per heavy atom. The average Bonchev–Trinajstić information content (AvgIpc) is 2.53. The van der Waals surface area contributed by atoms with Crippen LogP contribution in [-0.4, -0.2) is 5.54 Å². The van der Waals surface area contributed by atoms with Gasteiger partial charge in [-0.2, -0.15) is 0 Å². The topological polar surface area (TPSA) is 12.0 Å². The highest BCUT2D eigenvalue weighted by Crippen LogP contribution is 2.54. The van der Waals surface area contributed by atoms with Crippen LogP contribution in [0.3, 0.4) is 0 Å². The molecule has 1 N–H and O–H groups in total. The van der Waals surface area contributed by atoms with Crippen LogP contribution >= 0.6 is 0 Å². The molecule has 1 nitrogen and oxygen atoms in total. The zero-order valence-corrected chi connectivity index (χ0v) is 9.41. The third-order valence-corrected chi connectivity index (χ3v) is 4.53. The van der Waals surface area contributed by atoms with Crippen molar-refractivity contribution in [2.24, 2.45) is 0 Å². The summed E-state index contributed by atoms with van der Waals surface area (Å²) >= 11 is 0. The number of rotatable bonds is 0. The van der Waals surface area contributed by atoms with Crippen LogP contribution in [0.1, 0.15) is 49.2 Å². The molecule has 0 amide bonds. The van der Waals surface area contributed by atoms with Gasteiger partial charge in [-0.05, 0) is 31.4 Å². The zero-order valence-electron chi connectivity index (χ0n) is 12.4. The molecule has 15 heavy (non-hydrogen) atoms. The molecule has 1 aromatic rings. The van der Waals surface area contributed by atoms with Gasteiger partial charge in [0.1, 0.15) is 0 Å². The molecular weight excluding hydrogens is 182 g/mol. The first kappa shape index (κ1) is 6.57. The van der Waals surface area contributed by atoms with Crippen LogP contribution in [0.2, 0.25) is 0 Å². The molecule has 0 spiro atoms. The van der Waals surface area contributed by atoms with Crippen molar-refractivity contribution in [3.05, 3.63) is 29.8 Å². The van der Waals surface area contributed by atoms with Crippen molar-refractivity contribution in [2.45, 2.75) is 50.5 Å². The molecule has 2 unspecified atom stereocenters. The minimum atomic E-state index is -0.0683. The standard InChI is InChI=1S/C14H19N/c1-13-9-5-6-10-14(13,2)15-12-8-4-3-7-11(12)13/h3-4,7-8,15H,5-6,9-10H2,1-2H3/i3D,4D,7D. The van der Waals surface area contributed by atoms with Crippen LogP contribution in [0, 0.1) is 0 Å². The smallest absolute Gasteiger partial charge is 0.0627 e. The van der Waals surface area contributed by atoms with Crippen LogP contribution in [0.5, 0.6) is 0 Å². The molecule has 1 fully saturated rings. The van der Waals surface area contributed by atoms with Crippen LogP contribution in [0.15, 0.2) is 24.2 Å². The Hall–Kier alpha value is -0.980. The maximum Gasteiger partial charge on any atom is 0.0627 e. The minimum absolute atomic E-state index is 0.0242. The van der Waals surface area contributed by atoms with Gasteiger partial charge in [0.25, 0.3) is 0 Å². The van der Waals surface area contributed by atoms with Crippen molar-refractivity contribution in [1.29, 1.82) is 0 Å². The highest BCUT2D eigenvalue weighted by Gasteiger charge is 2.52. The van der Waals surface area contributed by atoms with Crippen LogP contribution in [-0.2, 0) is 5.41 Å². The average molecular weight is 204 g/mol. The predicted octanol–water partition coefficient (Wildman–Crippen LogP) is 3.70. The summed E-state index contributed by atoms with van der Waals surface area (Å²) in [5.74, 6) is 0. The van der Waals surface area contributed by atoms with Crippen LogP contribution in [0.4, 0.5) is 5.69 Å². The highest BCUT2D eigenvalue weighted by atomic mass is 15.0. The molecule has 2 aliphatic rings. The maximum atomic E-state index is 8.20. The van der Waals surface area contributed by atoms with Crippen molar-refractivity contribution in [3.63, 3.8) is 0 Å². The summed E-state index contributed by atoms with van der Waals surface area (Å²) in [7, 11) is 0. The lowest BCUT2D eigenvalue weighted by Crippen LogP contribution is -2.50. The number of anilines is 1. The van der Waals surface area contributed by atoms with Crippen LogP contribution < -0.4 is 5.32 Å². The number of benzene rings is 1. The summed E-state index contributed by atoms with van der Waals surface area (Å²) in [6.07, 6.45) is 4.55. The van der Waals surface area contributed by atoms with Crippen molar-refractivity contribution >= 4 is 5.69 Å². The van der Waals surface area contributed by atoms with E-state index in [1.165, 1.54) is 12.8 Å². The number of para-hydroxylation sites is 1. The normalized spacial score (nSPS) is 40.8. The molecule has 0 aromatic heterocycles. The molecule has 80 valence electrons. The fourth-order valence-corrected chi connectivity index (χ4v) is 3.29. The van der Waals surface area contributed by atoms with Gasteiger partial charge in [0, 0.05) is 16.6 Å². The summed E-state index contributed by atoms with van der Waals surface area (Å²) in [5.41, 5.74) is 1.78. The fraction of sp³-hybridized carbons (Fsp3) is 0.571. The monoisotopic (exact) mass is 204 g/mol. The van der Waals surface area contributed by atoms with E-state index in [1.807, 2.05) is 0 Å². The number of hydrogen-bond acceptors (Lipinski definition) is 1. The van der Waals surface area contributed by atoms with E-state index < -0.39 is 0 Å². The first-order valence-electron chi connectivity index (χ1n) is 7.28. The maximum absolute atomic E-state index is 8.20. The second kappa shape index (κ2) is 2.78. The van der Waals surface area contributed by atoms with Gasteiger partial charge in [0.05, 0.1) is 4.11 Å². The lowest BCUT2D eigenvalue weighted by molar-refractivity contribution is 0.214. The van der Waals surface area contributed by atoms with Crippen molar-refractivity contribution < 1.29 is 4.11 Å². The van der Waals surface area contributed by atoms with Gasteiger partial charge in [-0.15, -0.1) is 0 Å². The predicted molar refractivity (Wildman–Crippen MR) is 64.3 cm³/mol. The Bertz CT molecular complexity index is 528. The lowest BCUT2D eigenvalue weighted by Gasteiger charge is -2.45. The molecule has 0 bridgehead atoms. The van der Waals surface area contributed by atoms with E-state index in [4.69, 9.17) is 4.11 Å². The van der Waals surface area contributed by atoms with E-state index in [0.29, 0.717) is 0 Å². The summed E-state index contributed by atoms with van der Waals surface area (Å²) in [5, 5.41) is 3.54. The van der Waals surface area contributed by atoms with Gasteiger partial charge >= 0.3 is 0 Å². The van der Waals surface area contributed by atoms with E-state index in [2.05, 4.69) is 19.2 Å². The summed E-state index contributed by atoms with van der Waals surface area (Å²) in [6.45, 7) is 4.44. The summed E-state index contributed by atoms with van der Waals surface area (Å²) in [6, 6.07) is 2.19. The number of nitrogens with one attached hydrogen (secondary N) is 1. The molecule has 1 heterocycles. The SMILES string of the molecule is [2H]c1cc2c(c([2H])c1[2H])C1(C)CCCCC1(C)N2. The van der Waals surface area contributed by atoms with Crippen molar-refractivity contribution in [2.75, 3.05) is 5.32 Å². The zero-order chi connectivity index (χ0) is 13.1. The van der Waals surface area contributed by atoms with Gasteiger partial charge in [-0.1, -0.05) is 37.9 Å². The Kier molecular flexibility index (Phi) is 1.22. The molecule has 1 aliphatic heterocycles. The molecule has 1 aliphatic carbocycles. The van der Waals surface area contributed by atoms with E-state index in [1.54, 1.807) is 6.07 Å². The van der Waals surface area contributed by atoms with Crippen LogP contribution in [0.25, 0.3) is 0 Å². The Labute approximate surface area is 96.1 Å². The van der Waals surface area contributed by atoms with Gasteiger partial charge in [0.2, 0.25) is 0 Å². The highest BCUT2D eigenvalue weighted by molar-refractivity contribution is 5.64. The van der Waals surface area contributed by atoms with Gasteiger partial charge in [0.15, 0.2) is 0 Å². The molecule has 1 saturated carbocycles. The first-order chi connectivity index (χ1) is 8.39. The molecule has 0 saturated heterocycles. The van der Waals surface area contributed by atoms with Crippen molar-refractivity contribution in [3.8, 4) is 0 Å². The molecule has 0 radical (unpaired) electrons. The third-order valence-electron chi connectivity index (χ3n) is 4.53. The second-order valence-corrected chi connectivity index (χ2v) is 5.32. The fourth-order valence-electron chi connectivity index (χ4n) is 3.29. The first-order valence-corrected chi connectivity index (χ1v) is 5.78. The number of hydrogen-bond donors (Lipinski definition) is 1. The third kappa shape index (κ3) is 1.04. The second-order valence-electron chi connectivity index (χ2n) is 5.32. The summed E-state index contributed by atoms with van der Waals surface area (Å²) < 4.78 is 23.8. The van der Waals surface area contributed by atoms with E-state index in [-0.39, 0.29) is 29.1 Å². The Balaban J connectivity index is 2.26. The molecule has 2 atom stereocenters. The Morgan fingerprint density at radius 1 is 1.27 bits per heavy atom. The largest absolute Gasteiger partial charge is 0.379 e. The van der Waals surface area contributed by atoms with E-state index >= 15 is 0 Å². The quantitative estimate of drug-likeness (QED) is 0.679. The molecule has 1 heteroatoms. The lowest BCUT2D eigenvalue weighted by atomic mass is 9.62. The Morgan fingerprint density at radius 2 is 2.07 bits per heavy atom.